The molecule has 0 saturated heterocycles. The largest absolute Gasteiger partial charge is 0.419 e. The Labute approximate surface area is 191 Å². The van der Waals surface area contributed by atoms with Gasteiger partial charge in [-0.15, -0.1) is 0 Å². The van der Waals surface area contributed by atoms with Crippen LogP contribution in [0.2, 0.25) is 0 Å². The van der Waals surface area contributed by atoms with Gasteiger partial charge in [0, 0.05) is 23.4 Å². The van der Waals surface area contributed by atoms with Crippen molar-refractivity contribution >= 4 is 17.4 Å². The fourth-order valence-corrected chi connectivity index (χ4v) is 3.37. The predicted octanol–water partition coefficient (Wildman–Crippen LogP) is 6.20. The molecule has 0 radical (unpaired) electrons. The Morgan fingerprint density at radius 3 is 2.09 bits per heavy atom. The highest BCUT2D eigenvalue weighted by Crippen LogP contribution is 2.34. The molecule has 3 aromatic carbocycles. The minimum Gasteiger partial charge on any atom is -0.305 e. The van der Waals surface area contributed by atoms with Gasteiger partial charge in [0.15, 0.2) is 11.6 Å². The van der Waals surface area contributed by atoms with Crippen LogP contribution in [0.5, 0.6) is 0 Å². The fourth-order valence-electron chi connectivity index (χ4n) is 3.37. The number of halogens is 6. The third-order valence-electron chi connectivity index (χ3n) is 5.42. The number of amides is 1. The number of anilines is 1. The molecule has 0 aliphatic heterocycles. The number of nitrogens with zero attached hydrogens (tertiary/aromatic N) is 1. The number of carbonyl (C=O) groups is 2. The highest BCUT2D eigenvalue weighted by molar-refractivity contribution is 6.47. The number of Topliss-reactive ketones (excluding diaryl/α,β-unsaturated/α-hetero) is 1. The van der Waals surface area contributed by atoms with Crippen LogP contribution >= 0.6 is 0 Å². The Morgan fingerprint density at radius 2 is 1.50 bits per heavy atom. The van der Waals surface area contributed by atoms with Crippen LogP contribution in [0.1, 0.15) is 32.6 Å². The maximum Gasteiger partial charge on any atom is 0.419 e. The number of rotatable bonds is 6. The van der Waals surface area contributed by atoms with E-state index >= 15 is 0 Å². The minimum atomic E-state index is -5.28. The maximum absolute atomic E-state index is 14.4. The van der Waals surface area contributed by atoms with Crippen LogP contribution in [-0.4, -0.2) is 18.2 Å². The molecule has 0 aliphatic rings. The van der Waals surface area contributed by atoms with Crippen molar-refractivity contribution in [2.45, 2.75) is 26.4 Å². The normalized spacial score (nSPS) is 11.4. The van der Waals surface area contributed by atoms with E-state index in [0.29, 0.717) is 0 Å². The third kappa shape index (κ3) is 5.13. The zero-order valence-corrected chi connectivity index (χ0v) is 18.1. The van der Waals surface area contributed by atoms with Crippen LogP contribution in [0.3, 0.4) is 0 Å². The molecule has 0 unspecified atom stereocenters. The van der Waals surface area contributed by atoms with Crippen LogP contribution in [0.4, 0.5) is 32.0 Å². The zero-order valence-electron chi connectivity index (χ0n) is 18.1. The molecule has 0 fully saturated rings. The van der Waals surface area contributed by atoms with Gasteiger partial charge in [-0.1, -0.05) is 36.4 Å². The Morgan fingerprint density at radius 1 is 0.853 bits per heavy atom. The highest BCUT2D eigenvalue weighted by atomic mass is 19.4. The van der Waals surface area contributed by atoms with Crippen LogP contribution in [0, 0.1) is 31.3 Å². The lowest BCUT2D eigenvalue weighted by Gasteiger charge is -2.23. The van der Waals surface area contributed by atoms with Crippen molar-refractivity contribution in [2.24, 2.45) is 0 Å². The van der Waals surface area contributed by atoms with Crippen molar-refractivity contribution in [3.05, 3.63) is 99.9 Å². The van der Waals surface area contributed by atoms with Crippen LogP contribution in [-0.2, 0) is 17.4 Å². The van der Waals surface area contributed by atoms with Gasteiger partial charge in [-0.3, -0.25) is 9.59 Å². The van der Waals surface area contributed by atoms with Crippen molar-refractivity contribution in [1.82, 2.24) is 0 Å². The standard InChI is InChI=1S/C25H19F6NO2/c1-14-8-9-17(12-15(14)2)32(24(34)23(33)16-6-4-3-5-7-16)11-10-18-20(26)13-19(25(29,30)31)22(28)21(18)27/h3-9,12-13H,10-11H2,1-2H3. The molecule has 0 atom stereocenters. The van der Waals surface area contributed by atoms with E-state index in [0.717, 1.165) is 16.0 Å². The number of aryl methyl sites for hydroxylation is 2. The van der Waals surface area contributed by atoms with E-state index in [1.54, 1.807) is 37.3 Å². The Bertz CT molecular complexity index is 1240. The molecule has 0 saturated carbocycles. The fraction of sp³-hybridized carbons (Fsp3) is 0.200. The summed E-state index contributed by atoms with van der Waals surface area (Å²) in [6.45, 7) is 3.08. The molecule has 3 nitrogen and oxygen atoms in total. The van der Waals surface area contributed by atoms with Gasteiger partial charge in [0.1, 0.15) is 5.82 Å². The predicted molar refractivity (Wildman–Crippen MR) is 114 cm³/mol. The average molecular weight is 479 g/mol. The van der Waals surface area contributed by atoms with Gasteiger partial charge < -0.3 is 4.90 Å². The first-order valence-corrected chi connectivity index (χ1v) is 10.1. The second kappa shape index (κ2) is 9.70. The molecule has 9 heteroatoms. The van der Waals surface area contributed by atoms with E-state index in [1.165, 1.54) is 18.2 Å². The molecule has 0 heterocycles. The molecule has 0 aromatic heterocycles. The van der Waals surface area contributed by atoms with E-state index < -0.39 is 59.4 Å². The third-order valence-corrected chi connectivity index (χ3v) is 5.42. The summed E-state index contributed by atoms with van der Waals surface area (Å²) in [5, 5.41) is 0. The van der Waals surface area contributed by atoms with Crippen molar-refractivity contribution in [3.8, 4) is 0 Å². The molecule has 0 bridgehead atoms. The molecule has 1 amide bonds. The summed E-state index contributed by atoms with van der Waals surface area (Å²) in [4.78, 5) is 26.8. The van der Waals surface area contributed by atoms with Crippen molar-refractivity contribution in [1.29, 1.82) is 0 Å². The van der Waals surface area contributed by atoms with Crippen molar-refractivity contribution in [3.63, 3.8) is 0 Å². The topological polar surface area (TPSA) is 37.4 Å². The Kier molecular flexibility index (Phi) is 7.14. The van der Waals surface area contributed by atoms with Crippen LogP contribution in [0.15, 0.2) is 54.6 Å². The van der Waals surface area contributed by atoms with Crippen LogP contribution in [0.25, 0.3) is 0 Å². The van der Waals surface area contributed by atoms with E-state index in [9.17, 15) is 35.9 Å². The first-order chi connectivity index (χ1) is 15.9. The second-order valence-corrected chi connectivity index (χ2v) is 7.68. The van der Waals surface area contributed by atoms with Crippen LogP contribution < -0.4 is 4.90 Å². The Hall–Kier alpha value is -3.62. The number of carbonyl (C=O) groups excluding carboxylic acids is 2. The molecule has 3 rings (SSSR count). The number of benzene rings is 3. The first kappa shape index (κ1) is 25.0. The van der Waals surface area contributed by atoms with Gasteiger partial charge in [-0.05, 0) is 49.6 Å². The summed E-state index contributed by atoms with van der Waals surface area (Å²) in [5.41, 5.74) is -1.05. The molecular weight excluding hydrogens is 460 g/mol. The number of hydrogen-bond donors (Lipinski definition) is 0. The van der Waals surface area contributed by atoms with E-state index in [1.807, 2.05) is 6.92 Å². The van der Waals surface area contributed by atoms with E-state index in [2.05, 4.69) is 0 Å². The summed E-state index contributed by atoms with van der Waals surface area (Å²) in [6, 6.07) is 12.3. The summed E-state index contributed by atoms with van der Waals surface area (Å²) >= 11 is 0. The summed E-state index contributed by atoms with van der Waals surface area (Å²) in [5.74, 6) is -7.73. The average Bonchev–Trinajstić information content (AvgIpc) is 2.79. The summed E-state index contributed by atoms with van der Waals surface area (Å²) in [6.07, 6.45) is -5.96. The monoisotopic (exact) mass is 479 g/mol. The van der Waals surface area contributed by atoms with Gasteiger partial charge in [0.05, 0.1) is 5.56 Å². The van der Waals surface area contributed by atoms with E-state index in [-0.39, 0.29) is 17.3 Å². The quantitative estimate of drug-likeness (QED) is 0.183. The zero-order chi connectivity index (χ0) is 25.2. The van der Waals surface area contributed by atoms with Gasteiger partial charge in [0.2, 0.25) is 0 Å². The van der Waals surface area contributed by atoms with Crippen molar-refractivity contribution in [2.75, 3.05) is 11.4 Å². The summed E-state index contributed by atoms with van der Waals surface area (Å²) in [7, 11) is 0. The van der Waals surface area contributed by atoms with Gasteiger partial charge in [0.25, 0.3) is 11.7 Å². The number of ketones is 1. The van der Waals surface area contributed by atoms with Crippen molar-refractivity contribution < 1.29 is 35.9 Å². The van der Waals surface area contributed by atoms with E-state index in [4.69, 9.17) is 0 Å². The lowest BCUT2D eigenvalue weighted by atomic mass is 10.0. The molecule has 0 N–H and O–H groups in total. The minimum absolute atomic E-state index is 0.0827. The van der Waals surface area contributed by atoms with Gasteiger partial charge in [-0.2, -0.15) is 13.2 Å². The number of alkyl halides is 3. The summed E-state index contributed by atoms with van der Waals surface area (Å²) < 4.78 is 81.2. The SMILES string of the molecule is Cc1ccc(N(CCc2c(F)cc(C(F)(F)F)c(F)c2F)C(=O)C(=O)c2ccccc2)cc1C. The lowest BCUT2D eigenvalue weighted by molar-refractivity contribution is -0.140. The molecular formula is C25H19F6NO2. The molecule has 178 valence electrons. The molecule has 0 aliphatic carbocycles. The first-order valence-electron chi connectivity index (χ1n) is 10.1. The number of hydrogen-bond acceptors (Lipinski definition) is 2. The van der Waals surface area contributed by atoms with Gasteiger partial charge >= 0.3 is 6.18 Å². The van der Waals surface area contributed by atoms with Gasteiger partial charge in [-0.25, -0.2) is 13.2 Å². The molecule has 0 spiro atoms. The smallest absolute Gasteiger partial charge is 0.305 e. The molecule has 34 heavy (non-hydrogen) atoms. The second-order valence-electron chi connectivity index (χ2n) is 7.68. The molecule has 3 aromatic rings. The maximum atomic E-state index is 14.4. The Balaban J connectivity index is 1.98. The highest BCUT2D eigenvalue weighted by Gasteiger charge is 2.37. The lowest BCUT2D eigenvalue weighted by Crippen LogP contribution is -2.38.